The number of furan rings is 1. The number of hydrogen-bond acceptors (Lipinski definition) is 7. The maximum Gasteiger partial charge on any atom is 0.307 e. The number of carbonyl (C=O) groups is 4. The Kier molecular flexibility index (Phi) is 4.44. The van der Waals surface area contributed by atoms with Crippen molar-refractivity contribution >= 4 is 29.4 Å². The summed E-state index contributed by atoms with van der Waals surface area (Å²) in [7, 11) is 1.23. The molecule has 4 heterocycles. The van der Waals surface area contributed by atoms with Crippen molar-refractivity contribution in [2.24, 2.45) is 11.8 Å². The Bertz CT molecular complexity index is 1050. The van der Waals surface area contributed by atoms with E-state index >= 15 is 0 Å². The lowest BCUT2D eigenvalue weighted by molar-refractivity contribution is -0.154. The molecule has 5 rings (SSSR count). The summed E-state index contributed by atoms with van der Waals surface area (Å²) >= 11 is 0. The van der Waals surface area contributed by atoms with Crippen LogP contribution in [0.3, 0.4) is 0 Å². The normalized spacial score (nSPS) is 30.2. The highest BCUT2D eigenvalue weighted by atomic mass is 16.5. The van der Waals surface area contributed by atoms with Crippen LogP contribution in [0.4, 0.5) is 5.69 Å². The minimum Gasteiger partial charge on any atom is -0.469 e. The van der Waals surface area contributed by atoms with Crippen LogP contribution in [0.1, 0.15) is 18.2 Å². The number of imide groups is 1. The van der Waals surface area contributed by atoms with Crippen LogP contribution in [0.25, 0.3) is 0 Å². The number of rotatable bonds is 4. The molecule has 0 bridgehead atoms. The molecule has 3 aliphatic rings. The number of esters is 1. The molecule has 4 atom stereocenters. The summed E-state index contributed by atoms with van der Waals surface area (Å²) in [5.74, 6) is -3.42. The smallest absolute Gasteiger partial charge is 0.307 e. The highest BCUT2D eigenvalue weighted by Crippen LogP contribution is 2.57. The summed E-state index contributed by atoms with van der Waals surface area (Å²) < 4.78 is 10.5. The van der Waals surface area contributed by atoms with Crippen LogP contribution in [0.2, 0.25) is 0 Å². The van der Waals surface area contributed by atoms with Gasteiger partial charge in [-0.15, -0.1) is 0 Å². The number of ether oxygens (including phenoxy) is 1. The lowest BCUT2D eigenvalue weighted by Gasteiger charge is -2.44. The van der Waals surface area contributed by atoms with E-state index < -0.39 is 47.1 Å². The first-order valence-corrected chi connectivity index (χ1v) is 10.1. The summed E-state index contributed by atoms with van der Waals surface area (Å²) in [6, 6.07) is 11.4. The van der Waals surface area contributed by atoms with E-state index in [1.165, 1.54) is 13.4 Å². The van der Waals surface area contributed by atoms with E-state index in [2.05, 4.69) is 5.32 Å². The van der Waals surface area contributed by atoms with Gasteiger partial charge in [-0.3, -0.25) is 24.1 Å². The third kappa shape index (κ3) is 2.59. The van der Waals surface area contributed by atoms with Crippen molar-refractivity contribution in [3.63, 3.8) is 0 Å². The van der Waals surface area contributed by atoms with Crippen molar-refractivity contribution in [1.29, 1.82) is 0 Å². The Morgan fingerprint density at radius 1 is 1.16 bits per heavy atom. The number of fused-ring (bicyclic) bond motifs is 3. The molecule has 1 N–H and O–H groups in total. The number of hydrogen-bond donors (Lipinski definition) is 1. The quantitative estimate of drug-likeness (QED) is 0.574. The van der Waals surface area contributed by atoms with Crippen molar-refractivity contribution in [3.8, 4) is 0 Å². The summed E-state index contributed by atoms with van der Waals surface area (Å²) in [6.45, 7) is 0.705. The van der Waals surface area contributed by atoms with Gasteiger partial charge in [-0.05, 0) is 24.3 Å². The summed E-state index contributed by atoms with van der Waals surface area (Å²) in [6.07, 6.45) is 1.15. The van der Waals surface area contributed by atoms with E-state index in [4.69, 9.17) is 9.15 Å². The topological polar surface area (TPSA) is 109 Å². The molecule has 31 heavy (non-hydrogen) atoms. The monoisotopic (exact) mass is 423 g/mol. The molecule has 3 saturated heterocycles. The highest BCUT2D eigenvalue weighted by molar-refractivity contribution is 6.24. The van der Waals surface area contributed by atoms with E-state index in [0.29, 0.717) is 24.5 Å². The molecule has 2 aromatic rings. The molecule has 0 saturated carbocycles. The number of benzene rings is 1. The summed E-state index contributed by atoms with van der Waals surface area (Å²) in [4.78, 5) is 56.0. The Morgan fingerprint density at radius 3 is 2.61 bits per heavy atom. The Morgan fingerprint density at radius 2 is 1.94 bits per heavy atom. The van der Waals surface area contributed by atoms with Gasteiger partial charge in [0.15, 0.2) is 0 Å². The molecule has 9 heteroatoms. The average molecular weight is 423 g/mol. The van der Waals surface area contributed by atoms with Crippen LogP contribution >= 0.6 is 0 Å². The minimum absolute atomic E-state index is 0.336. The zero-order valence-electron chi connectivity index (χ0n) is 16.8. The second kappa shape index (κ2) is 7.05. The first kappa shape index (κ1) is 19.5. The number of amides is 3. The van der Waals surface area contributed by atoms with Crippen molar-refractivity contribution in [3.05, 3.63) is 54.5 Å². The molecule has 0 aliphatic carbocycles. The Labute approximate surface area is 177 Å². The number of piperazine rings is 1. The molecule has 9 nitrogen and oxygen atoms in total. The first-order chi connectivity index (χ1) is 15.0. The van der Waals surface area contributed by atoms with Gasteiger partial charge in [-0.2, -0.15) is 0 Å². The molecular formula is C22H21N3O6. The molecule has 3 fully saturated rings. The molecule has 0 radical (unpaired) electrons. The maximum absolute atomic E-state index is 13.7. The summed E-state index contributed by atoms with van der Waals surface area (Å²) in [5.41, 5.74) is -1.11. The fraction of sp³-hybridized carbons (Fsp3) is 0.364. The number of carbonyl (C=O) groups excluding carboxylic acids is 4. The fourth-order valence-electron chi connectivity index (χ4n) is 5.39. The van der Waals surface area contributed by atoms with E-state index in [0.717, 1.165) is 4.90 Å². The highest BCUT2D eigenvalue weighted by Gasteiger charge is 2.73. The zero-order valence-corrected chi connectivity index (χ0v) is 16.8. The number of para-hydroxylation sites is 1. The van der Waals surface area contributed by atoms with Crippen LogP contribution in [0.5, 0.6) is 0 Å². The van der Waals surface area contributed by atoms with Gasteiger partial charge in [0.25, 0.3) is 0 Å². The lowest BCUT2D eigenvalue weighted by Crippen LogP contribution is -2.67. The second-order valence-electron chi connectivity index (χ2n) is 7.94. The lowest BCUT2D eigenvalue weighted by atomic mass is 9.76. The van der Waals surface area contributed by atoms with Crippen molar-refractivity contribution in [2.75, 3.05) is 25.1 Å². The van der Waals surface area contributed by atoms with E-state index in [1.54, 1.807) is 47.4 Å². The molecule has 160 valence electrons. The van der Waals surface area contributed by atoms with E-state index in [9.17, 15) is 19.2 Å². The SMILES string of the molecule is COC(=O)C[C@]12C(=O)NCCN1[C@@H](c1ccco1)[C@@H]1C(=O)N(c3ccccc3)C(=O)[C@@H]12. The van der Waals surface area contributed by atoms with Crippen LogP contribution in [0, 0.1) is 11.8 Å². The van der Waals surface area contributed by atoms with Crippen molar-refractivity contribution < 1.29 is 28.3 Å². The predicted molar refractivity (Wildman–Crippen MR) is 106 cm³/mol. The minimum atomic E-state index is -1.54. The van der Waals surface area contributed by atoms with Gasteiger partial charge in [0.05, 0.1) is 43.4 Å². The fourth-order valence-corrected chi connectivity index (χ4v) is 5.39. The van der Waals surface area contributed by atoms with E-state index in [1.807, 2.05) is 0 Å². The predicted octanol–water partition coefficient (Wildman–Crippen LogP) is 0.874. The Hall–Kier alpha value is -3.46. The van der Waals surface area contributed by atoms with Gasteiger partial charge >= 0.3 is 5.97 Å². The standard InChI is InChI=1S/C22H21N3O6/c1-30-15(26)12-22-17-16(19(27)25(20(17)28)13-6-3-2-4-7-13)18(14-8-5-11-31-14)24(22)10-9-23-21(22)29/h2-8,11,16-18H,9-10,12H2,1H3,(H,23,29)/t16-,17-,18+,22+/m1/s1. The zero-order chi connectivity index (χ0) is 21.8. The van der Waals surface area contributed by atoms with Crippen molar-refractivity contribution in [2.45, 2.75) is 18.0 Å². The van der Waals surface area contributed by atoms with Crippen LogP contribution in [0.15, 0.2) is 53.1 Å². The molecule has 0 spiro atoms. The van der Waals surface area contributed by atoms with Gasteiger partial charge < -0.3 is 14.5 Å². The third-order valence-corrected chi connectivity index (χ3v) is 6.58. The van der Waals surface area contributed by atoms with Gasteiger partial charge in [0, 0.05) is 13.1 Å². The van der Waals surface area contributed by atoms with Gasteiger partial charge in [-0.25, -0.2) is 4.90 Å². The maximum atomic E-state index is 13.7. The first-order valence-electron chi connectivity index (χ1n) is 10.1. The van der Waals surface area contributed by atoms with Crippen LogP contribution in [-0.2, 0) is 23.9 Å². The molecule has 3 aliphatic heterocycles. The molecule has 3 amide bonds. The Balaban J connectivity index is 1.70. The molecule has 1 aromatic heterocycles. The van der Waals surface area contributed by atoms with E-state index in [-0.39, 0.29) is 6.42 Å². The number of methoxy groups -OCH3 is 1. The van der Waals surface area contributed by atoms with Gasteiger partial charge in [-0.1, -0.05) is 18.2 Å². The van der Waals surface area contributed by atoms with Crippen LogP contribution in [-0.4, -0.2) is 54.3 Å². The number of nitrogens with one attached hydrogen (secondary N) is 1. The molecular weight excluding hydrogens is 402 g/mol. The third-order valence-electron chi connectivity index (χ3n) is 6.58. The van der Waals surface area contributed by atoms with Gasteiger partial charge in [0.1, 0.15) is 11.3 Å². The summed E-state index contributed by atoms with van der Waals surface area (Å²) in [5, 5.41) is 2.79. The van der Waals surface area contributed by atoms with Crippen LogP contribution < -0.4 is 10.2 Å². The molecule has 0 unspecified atom stereocenters. The number of anilines is 1. The average Bonchev–Trinajstić information content (AvgIpc) is 3.45. The number of nitrogens with zero attached hydrogens (tertiary/aromatic N) is 2. The molecule has 1 aromatic carbocycles. The van der Waals surface area contributed by atoms with Crippen molar-refractivity contribution in [1.82, 2.24) is 10.2 Å². The largest absolute Gasteiger partial charge is 0.469 e. The second-order valence-corrected chi connectivity index (χ2v) is 7.94. The van der Waals surface area contributed by atoms with Gasteiger partial charge in [0.2, 0.25) is 17.7 Å².